The zero-order valence-corrected chi connectivity index (χ0v) is 17.1. The van der Waals surface area contributed by atoms with Crippen LogP contribution < -0.4 is 19.7 Å². The quantitative estimate of drug-likeness (QED) is 0.627. The minimum atomic E-state index is -1.32. The Morgan fingerprint density at radius 3 is 1.81 bits per heavy atom. The molecule has 0 atom stereocenters. The Hall–Kier alpha value is -2.46. The molecule has 3 N–H and O–H groups in total. The maximum absolute atomic E-state index is 12.1. The zero-order chi connectivity index (χ0) is 19.3. The van der Waals surface area contributed by atoms with Crippen LogP contribution in [0.25, 0.3) is 0 Å². The number of nitrogens with one attached hydrogen (secondary N) is 2. The first-order valence-electron chi connectivity index (χ1n) is 8.05. The number of hydrogen-bond acceptors (Lipinski definition) is 3. The fourth-order valence-corrected chi connectivity index (χ4v) is 3.64. The van der Waals surface area contributed by atoms with E-state index in [0.29, 0.717) is 11.4 Å². The molecule has 0 spiro atoms. The van der Waals surface area contributed by atoms with E-state index in [4.69, 9.17) is 9.84 Å². The third-order valence-electron chi connectivity index (χ3n) is 3.64. The summed E-state index contributed by atoms with van der Waals surface area (Å²) in [5, 5.41) is 14.6. The molecular formula is C19H23AsN2O4. The predicted molar refractivity (Wildman–Crippen MR) is 105 cm³/mol. The number of hydrogen-bond donors (Lipinski definition) is 3. The molecule has 0 saturated carbocycles. The van der Waals surface area contributed by atoms with Gasteiger partial charge in [-0.3, -0.25) is 0 Å². The summed E-state index contributed by atoms with van der Waals surface area (Å²) >= 11 is -0.909. The number of carboxylic acids is 1. The fourth-order valence-electron chi connectivity index (χ4n) is 2.08. The Morgan fingerprint density at radius 2 is 1.38 bits per heavy atom. The first-order valence-corrected chi connectivity index (χ1v) is 12.7. The number of ether oxygens (including phenoxy) is 1. The molecule has 0 bridgehead atoms. The number of carbonyl (C=O) groups excluding carboxylic acids is 1. The van der Waals surface area contributed by atoms with Gasteiger partial charge >= 0.3 is 128 Å². The van der Waals surface area contributed by atoms with Crippen LogP contribution in [0.2, 0.25) is 11.4 Å². The number of rotatable bonds is 6. The molecule has 0 saturated heterocycles. The average Bonchev–Trinajstić information content (AvgIpc) is 2.56. The van der Waals surface area contributed by atoms with Gasteiger partial charge < -0.3 is 5.11 Å². The van der Waals surface area contributed by atoms with Gasteiger partial charge in [-0.05, 0) is 13.8 Å². The molecule has 2 rings (SSSR count). The molecular weight excluding hydrogens is 395 g/mol. The van der Waals surface area contributed by atoms with Gasteiger partial charge in [-0.15, -0.1) is 0 Å². The van der Waals surface area contributed by atoms with E-state index < -0.39 is 26.2 Å². The predicted octanol–water partition coefficient (Wildman–Crippen LogP) is 3.53. The molecule has 2 aromatic carbocycles. The van der Waals surface area contributed by atoms with Crippen LogP contribution in [0.4, 0.5) is 16.2 Å². The van der Waals surface area contributed by atoms with Crippen LogP contribution in [0.5, 0.6) is 5.75 Å². The van der Waals surface area contributed by atoms with Gasteiger partial charge in [0, 0.05) is 0 Å². The van der Waals surface area contributed by atoms with Gasteiger partial charge in [-0.1, -0.05) is 0 Å². The second-order valence-corrected chi connectivity index (χ2v) is 11.3. The van der Waals surface area contributed by atoms with E-state index in [1.54, 1.807) is 24.3 Å². The second kappa shape index (κ2) is 8.28. The molecule has 0 aliphatic heterocycles. The molecule has 6 nitrogen and oxygen atoms in total. The molecule has 138 valence electrons. The standard InChI is InChI=1S/C19H23AsN2O4/c1-19(2,17(23)24)26-16-11-9-15(10-12-16)22-18(25)21-14-7-5-13(6-8-14)20(3)4/h5-12H,1-4H3,(H,23,24)(H2,21,22,25). The summed E-state index contributed by atoms with van der Waals surface area (Å²) in [6.07, 6.45) is 0. The van der Waals surface area contributed by atoms with Crippen LogP contribution >= 0.6 is 0 Å². The van der Waals surface area contributed by atoms with Gasteiger partial charge in [0.2, 0.25) is 0 Å². The van der Waals surface area contributed by atoms with Gasteiger partial charge in [0.25, 0.3) is 0 Å². The summed E-state index contributed by atoms with van der Waals surface area (Å²) < 4.78 is 6.78. The van der Waals surface area contributed by atoms with Crippen molar-refractivity contribution in [3.05, 3.63) is 48.5 Å². The van der Waals surface area contributed by atoms with Crippen LogP contribution in [0.1, 0.15) is 13.8 Å². The number of urea groups is 1. The summed E-state index contributed by atoms with van der Waals surface area (Å²) in [4.78, 5) is 23.2. The van der Waals surface area contributed by atoms with Crippen molar-refractivity contribution in [2.45, 2.75) is 30.9 Å². The van der Waals surface area contributed by atoms with Crippen LogP contribution in [-0.2, 0) is 4.79 Å². The molecule has 0 heterocycles. The number of aliphatic carboxylic acids is 1. The first-order chi connectivity index (χ1) is 12.2. The minimum absolute atomic E-state index is 0.348. The van der Waals surface area contributed by atoms with Crippen molar-refractivity contribution in [3.8, 4) is 5.75 Å². The van der Waals surface area contributed by atoms with Crippen molar-refractivity contribution >= 4 is 42.4 Å². The van der Waals surface area contributed by atoms with Crippen LogP contribution in [0.3, 0.4) is 0 Å². The molecule has 7 heteroatoms. The Kier molecular flexibility index (Phi) is 6.32. The number of benzene rings is 2. The van der Waals surface area contributed by atoms with E-state index >= 15 is 0 Å². The van der Waals surface area contributed by atoms with E-state index in [9.17, 15) is 9.59 Å². The fraction of sp³-hybridized carbons (Fsp3) is 0.263. The first kappa shape index (κ1) is 19.9. The van der Waals surface area contributed by atoms with Gasteiger partial charge in [0.1, 0.15) is 0 Å². The van der Waals surface area contributed by atoms with E-state index in [0.717, 1.165) is 5.69 Å². The normalized spacial score (nSPS) is 11.1. The summed E-state index contributed by atoms with van der Waals surface area (Å²) in [6, 6.07) is 14.1. The topological polar surface area (TPSA) is 87.7 Å². The Labute approximate surface area is 157 Å². The summed E-state index contributed by atoms with van der Waals surface area (Å²) in [7, 11) is 0. The Balaban J connectivity index is 1.94. The van der Waals surface area contributed by atoms with E-state index in [1.165, 1.54) is 18.2 Å². The second-order valence-electron chi connectivity index (χ2n) is 6.46. The Bertz CT molecular complexity index is 771. The summed E-state index contributed by atoms with van der Waals surface area (Å²) in [6.45, 7) is 2.95. The zero-order valence-electron chi connectivity index (χ0n) is 15.2. The molecule has 0 unspecified atom stereocenters. The monoisotopic (exact) mass is 418 g/mol. The molecule has 0 aliphatic carbocycles. The van der Waals surface area contributed by atoms with Crippen molar-refractivity contribution in [2.24, 2.45) is 0 Å². The van der Waals surface area contributed by atoms with Crippen molar-refractivity contribution in [3.63, 3.8) is 0 Å². The van der Waals surface area contributed by atoms with Crippen LogP contribution in [0.15, 0.2) is 48.5 Å². The molecule has 0 fully saturated rings. The maximum atomic E-state index is 12.1. The number of carbonyl (C=O) groups is 2. The number of anilines is 2. The van der Waals surface area contributed by atoms with Crippen LogP contribution in [-0.4, -0.2) is 37.4 Å². The van der Waals surface area contributed by atoms with Crippen molar-refractivity contribution in [1.29, 1.82) is 0 Å². The summed E-state index contributed by atoms with van der Waals surface area (Å²) in [5.74, 6) is -0.637. The van der Waals surface area contributed by atoms with E-state index in [-0.39, 0.29) is 6.03 Å². The molecule has 0 aliphatic rings. The molecule has 2 amide bonds. The van der Waals surface area contributed by atoms with E-state index in [1.807, 2.05) is 24.3 Å². The average molecular weight is 418 g/mol. The van der Waals surface area contributed by atoms with Gasteiger partial charge in [0.05, 0.1) is 0 Å². The third kappa shape index (κ3) is 5.53. The van der Waals surface area contributed by atoms with Crippen LogP contribution in [0, 0.1) is 0 Å². The molecule has 2 aromatic rings. The Morgan fingerprint density at radius 1 is 0.923 bits per heavy atom. The molecule has 26 heavy (non-hydrogen) atoms. The van der Waals surface area contributed by atoms with Gasteiger partial charge in [-0.2, -0.15) is 0 Å². The molecule has 0 radical (unpaired) electrons. The molecule has 0 aromatic heterocycles. The summed E-state index contributed by atoms with van der Waals surface area (Å²) in [5.41, 5.74) is 4.50. The van der Waals surface area contributed by atoms with E-state index in [2.05, 4.69) is 22.1 Å². The number of amides is 2. The van der Waals surface area contributed by atoms with Crippen molar-refractivity contribution in [2.75, 3.05) is 10.6 Å². The number of carboxylic acid groups (broad SMARTS) is 1. The SMILES string of the molecule is C[As](C)c1ccc(NC(=O)Nc2ccc(OC(C)(C)C(=O)O)cc2)cc1. The van der Waals surface area contributed by atoms with Gasteiger partial charge in [0.15, 0.2) is 5.60 Å². The van der Waals surface area contributed by atoms with Crippen molar-refractivity contribution < 1.29 is 19.4 Å². The van der Waals surface area contributed by atoms with Crippen molar-refractivity contribution in [1.82, 2.24) is 0 Å². The van der Waals surface area contributed by atoms with Gasteiger partial charge in [-0.25, -0.2) is 4.79 Å². The third-order valence-corrected chi connectivity index (χ3v) is 6.43.